The van der Waals surface area contributed by atoms with E-state index in [1.54, 1.807) is 18.3 Å². The lowest BCUT2D eigenvalue weighted by Crippen LogP contribution is -2.30. The summed E-state index contributed by atoms with van der Waals surface area (Å²) < 4.78 is 14.4. The first-order chi connectivity index (χ1) is 8.20. The molecule has 0 radical (unpaired) electrons. The van der Waals surface area contributed by atoms with Crippen molar-refractivity contribution in [2.75, 3.05) is 0 Å². The van der Waals surface area contributed by atoms with Gasteiger partial charge in [0.05, 0.1) is 12.2 Å². The highest BCUT2D eigenvalue weighted by Gasteiger charge is 2.15. The molecule has 5 nitrogen and oxygen atoms in total. The minimum Gasteiger partial charge on any atom is -0.271 e. The number of nitrogens with zero attached hydrogens (tertiary/aromatic N) is 2. The fourth-order valence-electron chi connectivity index (χ4n) is 1.53. The molecule has 1 atom stereocenters. The summed E-state index contributed by atoms with van der Waals surface area (Å²) in [6.07, 6.45) is 1.96. The zero-order valence-corrected chi connectivity index (χ0v) is 10.4. The highest BCUT2D eigenvalue weighted by molar-refractivity contribution is 9.10. The molecule has 0 aliphatic rings. The molecule has 90 valence electrons. The maximum atomic E-state index is 13.6. The van der Waals surface area contributed by atoms with Gasteiger partial charge in [0.15, 0.2) is 0 Å². The Kier molecular flexibility index (Phi) is 3.82. The minimum absolute atomic E-state index is 0.274. The van der Waals surface area contributed by atoms with Gasteiger partial charge in [0.1, 0.15) is 11.5 Å². The predicted octanol–water partition coefficient (Wildman–Crippen LogP) is 1.45. The molecular formula is C10H11BrFN5. The first kappa shape index (κ1) is 12.2. The molecular weight excluding hydrogens is 289 g/mol. The molecule has 1 heterocycles. The largest absolute Gasteiger partial charge is 0.271 e. The van der Waals surface area contributed by atoms with Gasteiger partial charge in [-0.25, -0.2) is 4.39 Å². The molecule has 0 spiro atoms. The summed E-state index contributed by atoms with van der Waals surface area (Å²) in [5.74, 6) is 5.15. The lowest BCUT2D eigenvalue weighted by atomic mass is 10.0. The SMILES string of the molecule is NNC(Cc1ccc(Br)cc1F)c1cn[nH]n1. The fourth-order valence-corrected chi connectivity index (χ4v) is 1.87. The number of hydrazine groups is 1. The summed E-state index contributed by atoms with van der Waals surface area (Å²) in [6.45, 7) is 0. The van der Waals surface area contributed by atoms with E-state index < -0.39 is 0 Å². The highest BCUT2D eigenvalue weighted by atomic mass is 79.9. The molecule has 1 unspecified atom stereocenters. The third kappa shape index (κ3) is 2.87. The Morgan fingerprint density at radius 1 is 1.53 bits per heavy atom. The molecule has 0 saturated heterocycles. The average Bonchev–Trinajstić information content (AvgIpc) is 2.81. The average molecular weight is 300 g/mol. The first-order valence-electron chi connectivity index (χ1n) is 4.96. The van der Waals surface area contributed by atoms with Gasteiger partial charge in [-0.05, 0) is 24.1 Å². The van der Waals surface area contributed by atoms with Crippen LogP contribution in [0.1, 0.15) is 17.3 Å². The molecule has 0 fully saturated rings. The van der Waals surface area contributed by atoms with Gasteiger partial charge in [-0.15, -0.1) is 0 Å². The van der Waals surface area contributed by atoms with Crippen LogP contribution in [0.4, 0.5) is 4.39 Å². The Labute approximate surface area is 106 Å². The monoisotopic (exact) mass is 299 g/mol. The van der Waals surface area contributed by atoms with E-state index in [1.807, 2.05) is 0 Å². The number of halogens is 2. The summed E-state index contributed by atoms with van der Waals surface area (Å²) in [7, 11) is 0. The standard InChI is InChI=1S/C10H11BrFN5/c11-7-2-1-6(8(12)4-7)3-9(15-13)10-5-14-17-16-10/h1-2,4-5,9,15H,3,13H2,(H,14,16,17). The van der Waals surface area contributed by atoms with E-state index in [0.717, 1.165) is 0 Å². The molecule has 1 aromatic carbocycles. The van der Waals surface area contributed by atoms with Gasteiger partial charge < -0.3 is 0 Å². The molecule has 0 saturated carbocycles. The van der Waals surface area contributed by atoms with Crippen molar-refractivity contribution in [3.05, 3.63) is 45.9 Å². The maximum Gasteiger partial charge on any atom is 0.127 e. The second-order valence-corrected chi connectivity index (χ2v) is 4.47. The van der Waals surface area contributed by atoms with Gasteiger partial charge in [0, 0.05) is 4.47 Å². The number of H-pyrrole nitrogens is 1. The number of aromatic amines is 1. The molecule has 0 aliphatic heterocycles. The van der Waals surface area contributed by atoms with Crippen molar-refractivity contribution in [1.29, 1.82) is 0 Å². The molecule has 2 aromatic rings. The topological polar surface area (TPSA) is 79.6 Å². The number of benzene rings is 1. The number of nitrogens with one attached hydrogen (secondary N) is 2. The Bertz CT molecular complexity index is 487. The summed E-state index contributed by atoms with van der Waals surface area (Å²) in [4.78, 5) is 0. The van der Waals surface area contributed by atoms with Crippen LogP contribution in [-0.2, 0) is 6.42 Å². The normalized spacial score (nSPS) is 12.6. The molecule has 4 N–H and O–H groups in total. The van der Waals surface area contributed by atoms with E-state index in [2.05, 4.69) is 36.8 Å². The minimum atomic E-state index is -0.275. The summed E-state index contributed by atoms with van der Waals surface area (Å²) in [5.41, 5.74) is 3.81. The lowest BCUT2D eigenvalue weighted by Gasteiger charge is -2.13. The van der Waals surface area contributed by atoms with Crippen LogP contribution in [0.3, 0.4) is 0 Å². The van der Waals surface area contributed by atoms with E-state index in [9.17, 15) is 4.39 Å². The molecule has 0 aliphatic carbocycles. The van der Waals surface area contributed by atoms with Crippen molar-refractivity contribution in [3.63, 3.8) is 0 Å². The van der Waals surface area contributed by atoms with Gasteiger partial charge in [-0.2, -0.15) is 15.4 Å². The number of hydrogen-bond donors (Lipinski definition) is 3. The zero-order chi connectivity index (χ0) is 12.3. The van der Waals surface area contributed by atoms with E-state index >= 15 is 0 Å². The second kappa shape index (κ2) is 5.35. The van der Waals surface area contributed by atoms with Crippen LogP contribution in [0.15, 0.2) is 28.9 Å². The third-order valence-corrected chi connectivity index (χ3v) is 2.92. The van der Waals surface area contributed by atoms with E-state index in [4.69, 9.17) is 5.84 Å². The summed E-state index contributed by atoms with van der Waals surface area (Å²) in [6, 6.07) is 4.65. The number of rotatable bonds is 4. The molecule has 17 heavy (non-hydrogen) atoms. The summed E-state index contributed by atoms with van der Waals surface area (Å²) in [5, 5.41) is 10.1. The van der Waals surface area contributed by atoms with Gasteiger partial charge >= 0.3 is 0 Å². The van der Waals surface area contributed by atoms with E-state index in [0.29, 0.717) is 22.2 Å². The van der Waals surface area contributed by atoms with Crippen molar-refractivity contribution in [2.45, 2.75) is 12.5 Å². The molecule has 7 heteroatoms. The first-order valence-corrected chi connectivity index (χ1v) is 5.75. The lowest BCUT2D eigenvalue weighted by molar-refractivity contribution is 0.517. The van der Waals surface area contributed by atoms with Crippen LogP contribution >= 0.6 is 15.9 Å². The van der Waals surface area contributed by atoms with Crippen LogP contribution in [-0.4, -0.2) is 15.4 Å². The van der Waals surface area contributed by atoms with Crippen LogP contribution < -0.4 is 11.3 Å². The predicted molar refractivity (Wildman–Crippen MR) is 64.3 cm³/mol. The summed E-state index contributed by atoms with van der Waals surface area (Å²) >= 11 is 3.21. The van der Waals surface area contributed by atoms with Crippen molar-refractivity contribution in [2.24, 2.45) is 5.84 Å². The smallest absolute Gasteiger partial charge is 0.127 e. The molecule has 2 rings (SSSR count). The van der Waals surface area contributed by atoms with Gasteiger partial charge in [0.2, 0.25) is 0 Å². The maximum absolute atomic E-state index is 13.6. The molecule has 1 aromatic heterocycles. The Morgan fingerprint density at radius 2 is 2.35 bits per heavy atom. The quantitative estimate of drug-likeness (QED) is 0.590. The van der Waals surface area contributed by atoms with Crippen molar-refractivity contribution in [1.82, 2.24) is 20.8 Å². The number of nitrogens with two attached hydrogens (primary N) is 1. The van der Waals surface area contributed by atoms with Gasteiger partial charge in [-0.1, -0.05) is 22.0 Å². The van der Waals surface area contributed by atoms with Gasteiger partial charge in [0.25, 0.3) is 0 Å². The van der Waals surface area contributed by atoms with Gasteiger partial charge in [-0.3, -0.25) is 11.3 Å². The van der Waals surface area contributed by atoms with Crippen LogP contribution in [0.25, 0.3) is 0 Å². The third-order valence-electron chi connectivity index (χ3n) is 2.43. The molecule has 0 amide bonds. The van der Waals surface area contributed by atoms with Crippen LogP contribution in [0.2, 0.25) is 0 Å². The van der Waals surface area contributed by atoms with E-state index in [-0.39, 0.29) is 11.9 Å². The second-order valence-electron chi connectivity index (χ2n) is 3.55. The Morgan fingerprint density at radius 3 is 2.94 bits per heavy atom. The van der Waals surface area contributed by atoms with Crippen molar-refractivity contribution >= 4 is 15.9 Å². The Hall–Kier alpha value is -1.31. The van der Waals surface area contributed by atoms with Crippen LogP contribution in [0.5, 0.6) is 0 Å². The Balaban J connectivity index is 2.19. The number of aromatic nitrogens is 3. The van der Waals surface area contributed by atoms with Crippen molar-refractivity contribution in [3.8, 4) is 0 Å². The zero-order valence-electron chi connectivity index (χ0n) is 8.82. The van der Waals surface area contributed by atoms with Crippen LogP contribution in [0, 0.1) is 5.82 Å². The fraction of sp³-hybridized carbons (Fsp3) is 0.200. The van der Waals surface area contributed by atoms with E-state index in [1.165, 1.54) is 6.07 Å². The highest BCUT2D eigenvalue weighted by Crippen LogP contribution is 2.20. The van der Waals surface area contributed by atoms with Crippen molar-refractivity contribution < 1.29 is 4.39 Å². The molecule has 0 bridgehead atoms. The number of hydrogen-bond acceptors (Lipinski definition) is 4.